The molecule has 7 nitrogen and oxygen atoms in total. The Labute approximate surface area is 183 Å². The van der Waals surface area contributed by atoms with Crippen LogP contribution in [-0.2, 0) is 13.6 Å². The second kappa shape index (κ2) is 9.93. The maximum atomic E-state index is 12.9. The van der Waals surface area contributed by atoms with Gasteiger partial charge in [0.15, 0.2) is 0 Å². The lowest BCUT2D eigenvalue weighted by molar-refractivity contribution is 0.0976. The number of nitrogens with zero attached hydrogens (tertiary/aromatic N) is 3. The van der Waals surface area contributed by atoms with Crippen molar-refractivity contribution in [2.24, 2.45) is 12.0 Å². The average Bonchev–Trinajstić information content (AvgIpc) is 2.99. The molecule has 2 aromatic carbocycles. The van der Waals surface area contributed by atoms with Crippen LogP contribution in [0.25, 0.3) is 0 Å². The third-order valence-corrected chi connectivity index (χ3v) is 5.12. The van der Waals surface area contributed by atoms with Crippen molar-refractivity contribution >= 4 is 17.6 Å². The predicted molar refractivity (Wildman–Crippen MR) is 124 cm³/mol. The highest BCUT2D eigenvalue weighted by Crippen LogP contribution is 2.24. The zero-order chi connectivity index (χ0) is 22.4. The van der Waals surface area contributed by atoms with Crippen LogP contribution in [0.2, 0.25) is 0 Å². The van der Waals surface area contributed by atoms with Gasteiger partial charge in [-0.2, -0.15) is 5.10 Å². The fraction of sp³-hybridized carbons (Fsp3) is 0.292. The summed E-state index contributed by atoms with van der Waals surface area (Å²) in [5.41, 5.74) is 5.22. The minimum atomic E-state index is -0.224. The first-order valence-corrected chi connectivity index (χ1v) is 10.3. The van der Waals surface area contributed by atoms with E-state index in [2.05, 4.69) is 20.7 Å². The van der Waals surface area contributed by atoms with Gasteiger partial charge in [-0.1, -0.05) is 30.3 Å². The van der Waals surface area contributed by atoms with Gasteiger partial charge in [-0.3, -0.25) is 14.8 Å². The van der Waals surface area contributed by atoms with Crippen LogP contribution in [0, 0.1) is 20.8 Å². The highest BCUT2D eigenvalue weighted by molar-refractivity contribution is 6.10. The molecular weight excluding hydrogens is 390 g/mol. The van der Waals surface area contributed by atoms with Crippen LogP contribution in [0.15, 0.2) is 53.5 Å². The van der Waals surface area contributed by atoms with E-state index in [-0.39, 0.29) is 5.91 Å². The van der Waals surface area contributed by atoms with Crippen molar-refractivity contribution in [3.05, 3.63) is 76.6 Å². The third kappa shape index (κ3) is 5.31. The number of carbonyl (C=O) groups is 1. The Balaban J connectivity index is 1.91. The number of hydrogen-bond donors (Lipinski definition) is 2. The van der Waals surface area contributed by atoms with Crippen molar-refractivity contribution in [3.8, 4) is 5.75 Å². The SMILES string of the molecule is CCOc1ccccc1NC(=NCc1c(C)nn(C)c1C)NC(=O)c1ccccc1C. The maximum Gasteiger partial charge on any atom is 0.258 e. The Hall–Kier alpha value is -3.61. The Morgan fingerprint density at radius 3 is 2.48 bits per heavy atom. The first-order chi connectivity index (χ1) is 14.9. The van der Waals surface area contributed by atoms with Gasteiger partial charge < -0.3 is 10.1 Å². The van der Waals surface area contributed by atoms with Gasteiger partial charge in [0, 0.05) is 23.9 Å². The van der Waals surface area contributed by atoms with E-state index in [1.165, 1.54) is 0 Å². The van der Waals surface area contributed by atoms with Gasteiger partial charge >= 0.3 is 0 Å². The molecule has 3 rings (SSSR count). The molecule has 162 valence electrons. The molecule has 31 heavy (non-hydrogen) atoms. The van der Waals surface area contributed by atoms with Crippen LogP contribution in [0.1, 0.15) is 39.8 Å². The molecule has 0 saturated carbocycles. The van der Waals surface area contributed by atoms with Crippen LogP contribution in [0.4, 0.5) is 5.69 Å². The number of hydrogen-bond acceptors (Lipinski definition) is 4. The van der Waals surface area contributed by atoms with Crippen molar-refractivity contribution in [2.45, 2.75) is 34.2 Å². The topological polar surface area (TPSA) is 80.5 Å². The molecule has 0 unspecified atom stereocenters. The largest absolute Gasteiger partial charge is 0.492 e. The molecule has 0 radical (unpaired) electrons. The fourth-order valence-electron chi connectivity index (χ4n) is 3.30. The molecular formula is C24H29N5O2. The van der Waals surface area contributed by atoms with E-state index < -0.39 is 0 Å². The van der Waals surface area contributed by atoms with Gasteiger partial charge in [0.25, 0.3) is 5.91 Å². The smallest absolute Gasteiger partial charge is 0.258 e. The van der Waals surface area contributed by atoms with Crippen molar-refractivity contribution in [2.75, 3.05) is 11.9 Å². The number of nitrogens with one attached hydrogen (secondary N) is 2. The van der Waals surface area contributed by atoms with Gasteiger partial charge in [-0.05, 0) is 51.5 Å². The molecule has 1 heterocycles. The number of benzene rings is 2. The molecule has 0 spiro atoms. The Bertz CT molecular complexity index is 1100. The van der Waals surface area contributed by atoms with Gasteiger partial charge in [0.05, 0.1) is 24.5 Å². The van der Waals surface area contributed by atoms with E-state index >= 15 is 0 Å². The second-order valence-corrected chi connectivity index (χ2v) is 7.26. The summed E-state index contributed by atoms with van der Waals surface area (Å²) in [5, 5.41) is 10.6. The number of carbonyl (C=O) groups excluding carboxylic acids is 1. The number of aliphatic imine (C=N–C) groups is 1. The minimum Gasteiger partial charge on any atom is -0.492 e. The monoisotopic (exact) mass is 419 g/mol. The lowest BCUT2D eigenvalue weighted by atomic mass is 10.1. The van der Waals surface area contributed by atoms with Crippen LogP contribution in [0.5, 0.6) is 5.75 Å². The lowest BCUT2D eigenvalue weighted by Crippen LogP contribution is -2.36. The van der Waals surface area contributed by atoms with E-state index in [0.717, 1.165) is 28.2 Å². The number of amides is 1. The van der Waals surface area contributed by atoms with Crippen molar-refractivity contribution in [3.63, 3.8) is 0 Å². The molecule has 0 atom stereocenters. The second-order valence-electron chi connectivity index (χ2n) is 7.26. The van der Waals surface area contributed by atoms with E-state index in [9.17, 15) is 4.79 Å². The van der Waals surface area contributed by atoms with Crippen LogP contribution < -0.4 is 15.4 Å². The predicted octanol–water partition coefficient (Wildman–Crippen LogP) is 4.14. The van der Waals surface area contributed by atoms with Crippen LogP contribution in [-0.4, -0.2) is 28.3 Å². The first kappa shape index (κ1) is 22.1. The molecule has 0 bridgehead atoms. The van der Waals surface area contributed by atoms with E-state index in [0.29, 0.717) is 30.4 Å². The zero-order valence-corrected chi connectivity index (χ0v) is 18.7. The van der Waals surface area contributed by atoms with Crippen molar-refractivity contribution < 1.29 is 9.53 Å². The minimum absolute atomic E-state index is 0.224. The molecule has 2 N–H and O–H groups in total. The van der Waals surface area contributed by atoms with E-state index in [1.807, 2.05) is 81.9 Å². The number of aromatic nitrogens is 2. The van der Waals surface area contributed by atoms with Gasteiger partial charge in [-0.25, -0.2) is 4.99 Å². The van der Waals surface area contributed by atoms with Gasteiger partial charge in [0.1, 0.15) is 5.75 Å². The number of ether oxygens (including phenoxy) is 1. The maximum absolute atomic E-state index is 12.9. The quantitative estimate of drug-likeness (QED) is 0.465. The fourth-order valence-corrected chi connectivity index (χ4v) is 3.30. The number of anilines is 1. The summed E-state index contributed by atoms with van der Waals surface area (Å²) in [7, 11) is 1.91. The standard InChI is InChI=1S/C24H29N5O2/c1-6-31-22-14-10-9-13-21(22)26-24(25-15-20-17(3)28-29(5)18(20)4)27-23(30)19-12-8-7-11-16(19)2/h7-14H,6,15H2,1-5H3,(H2,25,26,27,30). The number of para-hydroxylation sites is 2. The Morgan fingerprint density at radius 1 is 1.10 bits per heavy atom. The average molecular weight is 420 g/mol. The molecule has 1 amide bonds. The number of guanidine groups is 1. The van der Waals surface area contributed by atoms with E-state index in [4.69, 9.17) is 4.74 Å². The lowest BCUT2D eigenvalue weighted by Gasteiger charge is -2.15. The van der Waals surface area contributed by atoms with Crippen LogP contribution in [0.3, 0.4) is 0 Å². The van der Waals surface area contributed by atoms with Crippen LogP contribution >= 0.6 is 0 Å². The summed E-state index contributed by atoms with van der Waals surface area (Å²) >= 11 is 0. The number of aryl methyl sites for hydroxylation is 3. The molecule has 0 saturated heterocycles. The normalized spacial score (nSPS) is 11.3. The zero-order valence-electron chi connectivity index (χ0n) is 18.7. The summed E-state index contributed by atoms with van der Waals surface area (Å²) in [5.74, 6) is 0.817. The Kier molecular flexibility index (Phi) is 7.07. The molecule has 0 fully saturated rings. The highest BCUT2D eigenvalue weighted by Gasteiger charge is 2.14. The van der Waals surface area contributed by atoms with Gasteiger partial charge in [0.2, 0.25) is 5.96 Å². The molecule has 0 aliphatic heterocycles. The molecule has 7 heteroatoms. The Morgan fingerprint density at radius 2 is 1.81 bits per heavy atom. The molecule has 3 aromatic rings. The summed E-state index contributed by atoms with van der Waals surface area (Å²) in [6.07, 6.45) is 0. The molecule has 0 aliphatic carbocycles. The highest BCUT2D eigenvalue weighted by atomic mass is 16.5. The number of rotatable bonds is 6. The van der Waals surface area contributed by atoms with Gasteiger partial charge in [-0.15, -0.1) is 0 Å². The molecule has 0 aliphatic rings. The third-order valence-electron chi connectivity index (χ3n) is 5.12. The summed E-state index contributed by atoms with van der Waals surface area (Å²) in [6.45, 7) is 8.73. The van der Waals surface area contributed by atoms with Crippen molar-refractivity contribution in [1.29, 1.82) is 0 Å². The van der Waals surface area contributed by atoms with Crippen molar-refractivity contribution in [1.82, 2.24) is 15.1 Å². The summed E-state index contributed by atoms with van der Waals surface area (Å²) in [6, 6.07) is 15.0. The first-order valence-electron chi connectivity index (χ1n) is 10.3. The van der Waals surface area contributed by atoms with E-state index in [1.54, 1.807) is 6.07 Å². The summed E-state index contributed by atoms with van der Waals surface area (Å²) < 4.78 is 7.54. The molecule has 1 aromatic heterocycles. The summed E-state index contributed by atoms with van der Waals surface area (Å²) in [4.78, 5) is 17.6.